The summed E-state index contributed by atoms with van der Waals surface area (Å²) in [6, 6.07) is 7.47. The molecule has 1 amide bonds. The number of anilines is 1. The van der Waals surface area contributed by atoms with E-state index in [9.17, 15) is 4.79 Å². The number of carbonyl (C=O) groups is 1. The maximum Gasteiger partial charge on any atom is 0.223 e. The first-order chi connectivity index (χ1) is 8.06. The standard InChI is InChI=1S/C13H19ClN2O/c1-9(7-8-14)13(17)16-10(2)11-5-3-4-6-12(11)15/h3-6,9-10H,7-8,15H2,1-2H3,(H,16,17). The minimum absolute atomic E-state index is 0.0152. The Balaban J connectivity index is 2.63. The van der Waals surface area contributed by atoms with Crippen molar-refractivity contribution in [3.05, 3.63) is 29.8 Å². The van der Waals surface area contributed by atoms with Gasteiger partial charge in [0, 0.05) is 17.5 Å². The summed E-state index contributed by atoms with van der Waals surface area (Å²) in [6.45, 7) is 3.80. The molecule has 0 fully saturated rings. The topological polar surface area (TPSA) is 55.1 Å². The summed E-state index contributed by atoms with van der Waals surface area (Å²) in [6.07, 6.45) is 0.685. The van der Waals surface area contributed by atoms with Crippen molar-refractivity contribution in [3.63, 3.8) is 0 Å². The summed E-state index contributed by atoms with van der Waals surface area (Å²) in [5.74, 6) is 0.442. The summed E-state index contributed by atoms with van der Waals surface area (Å²) < 4.78 is 0. The molecule has 0 aliphatic heterocycles. The Morgan fingerprint density at radius 2 is 2.06 bits per heavy atom. The third kappa shape index (κ3) is 3.93. The quantitative estimate of drug-likeness (QED) is 0.627. The van der Waals surface area contributed by atoms with Gasteiger partial charge >= 0.3 is 0 Å². The fourth-order valence-corrected chi connectivity index (χ4v) is 1.96. The molecule has 4 heteroatoms. The average Bonchev–Trinajstić information content (AvgIpc) is 2.29. The second-order valence-electron chi connectivity index (χ2n) is 4.24. The van der Waals surface area contributed by atoms with Crippen LogP contribution in [0.5, 0.6) is 0 Å². The molecule has 0 bridgehead atoms. The molecule has 3 N–H and O–H groups in total. The van der Waals surface area contributed by atoms with E-state index in [-0.39, 0.29) is 17.9 Å². The molecule has 1 aromatic carbocycles. The van der Waals surface area contributed by atoms with Crippen molar-refractivity contribution < 1.29 is 4.79 Å². The maximum absolute atomic E-state index is 11.8. The molecule has 0 aliphatic rings. The summed E-state index contributed by atoms with van der Waals surface area (Å²) in [5, 5.41) is 2.94. The zero-order valence-electron chi connectivity index (χ0n) is 10.2. The molecule has 2 unspecified atom stereocenters. The van der Waals surface area contributed by atoms with Crippen molar-refractivity contribution in [2.45, 2.75) is 26.3 Å². The van der Waals surface area contributed by atoms with Crippen LogP contribution < -0.4 is 11.1 Å². The van der Waals surface area contributed by atoms with Gasteiger partial charge in [-0.05, 0) is 25.0 Å². The van der Waals surface area contributed by atoms with Crippen LogP contribution in [-0.4, -0.2) is 11.8 Å². The summed E-state index contributed by atoms with van der Waals surface area (Å²) >= 11 is 5.62. The number of nitrogen functional groups attached to an aromatic ring is 1. The van der Waals surface area contributed by atoms with Gasteiger partial charge < -0.3 is 11.1 Å². The van der Waals surface area contributed by atoms with Crippen molar-refractivity contribution in [2.24, 2.45) is 5.92 Å². The smallest absolute Gasteiger partial charge is 0.223 e. The Kier molecular flexibility index (Phi) is 5.29. The van der Waals surface area contributed by atoms with E-state index in [1.165, 1.54) is 0 Å². The summed E-state index contributed by atoms with van der Waals surface area (Å²) in [5.41, 5.74) is 7.50. The van der Waals surface area contributed by atoms with E-state index in [2.05, 4.69) is 5.32 Å². The third-order valence-electron chi connectivity index (χ3n) is 2.81. The molecule has 0 saturated heterocycles. The van der Waals surface area contributed by atoms with Crippen LogP contribution in [0.1, 0.15) is 31.9 Å². The van der Waals surface area contributed by atoms with Crippen LogP contribution in [0.15, 0.2) is 24.3 Å². The maximum atomic E-state index is 11.8. The van der Waals surface area contributed by atoms with E-state index in [1.807, 2.05) is 38.1 Å². The minimum Gasteiger partial charge on any atom is -0.398 e. The second kappa shape index (κ2) is 6.50. The lowest BCUT2D eigenvalue weighted by molar-refractivity contribution is -0.125. The number of nitrogens with one attached hydrogen (secondary N) is 1. The van der Waals surface area contributed by atoms with Crippen LogP contribution in [0.3, 0.4) is 0 Å². The van der Waals surface area contributed by atoms with E-state index in [0.717, 1.165) is 5.56 Å². The minimum atomic E-state index is -0.0820. The fraction of sp³-hybridized carbons (Fsp3) is 0.462. The van der Waals surface area contributed by atoms with Gasteiger partial charge in [0.25, 0.3) is 0 Å². The highest BCUT2D eigenvalue weighted by Gasteiger charge is 2.16. The Morgan fingerprint density at radius 3 is 2.65 bits per heavy atom. The lowest BCUT2D eigenvalue weighted by Crippen LogP contribution is -2.32. The first-order valence-corrected chi connectivity index (χ1v) is 6.30. The van der Waals surface area contributed by atoms with Gasteiger partial charge in [-0.3, -0.25) is 4.79 Å². The van der Waals surface area contributed by atoms with Crippen LogP contribution >= 0.6 is 11.6 Å². The Bertz CT molecular complexity index is 381. The molecule has 0 saturated carbocycles. The number of hydrogen-bond acceptors (Lipinski definition) is 2. The summed E-state index contributed by atoms with van der Waals surface area (Å²) in [7, 11) is 0. The molecule has 2 atom stereocenters. The Labute approximate surface area is 107 Å². The number of benzene rings is 1. The van der Waals surface area contributed by atoms with Gasteiger partial charge in [0.2, 0.25) is 5.91 Å². The highest BCUT2D eigenvalue weighted by molar-refractivity contribution is 6.18. The van der Waals surface area contributed by atoms with Crippen LogP contribution in [0.4, 0.5) is 5.69 Å². The number of para-hydroxylation sites is 1. The van der Waals surface area contributed by atoms with Gasteiger partial charge in [-0.25, -0.2) is 0 Å². The number of hydrogen-bond donors (Lipinski definition) is 2. The Morgan fingerprint density at radius 1 is 1.41 bits per heavy atom. The number of rotatable bonds is 5. The molecule has 3 nitrogen and oxygen atoms in total. The molecule has 1 aromatic rings. The van der Waals surface area contributed by atoms with Gasteiger partial charge in [0.05, 0.1) is 6.04 Å². The van der Waals surface area contributed by atoms with Crippen molar-refractivity contribution >= 4 is 23.2 Å². The first kappa shape index (κ1) is 13.8. The van der Waals surface area contributed by atoms with E-state index in [1.54, 1.807) is 0 Å². The predicted octanol–water partition coefficient (Wildman–Crippen LogP) is 2.71. The van der Waals surface area contributed by atoms with Gasteiger partial charge in [0.15, 0.2) is 0 Å². The number of alkyl halides is 1. The van der Waals surface area contributed by atoms with Crippen LogP contribution in [0.2, 0.25) is 0 Å². The van der Waals surface area contributed by atoms with Gasteiger partial charge in [-0.2, -0.15) is 0 Å². The van der Waals surface area contributed by atoms with Crippen LogP contribution in [0, 0.1) is 5.92 Å². The first-order valence-electron chi connectivity index (χ1n) is 5.77. The van der Waals surface area contributed by atoms with E-state index >= 15 is 0 Å². The molecule has 0 aromatic heterocycles. The zero-order chi connectivity index (χ0) is 12.8. The molecule has 0 heterocycles. The largest absolute Gasteiger partial charge is 0.398 e. The monoisotopic (exact) mass is 254 g/mol. The van der Waals surface area contributed by atoms with E-state index in [4.69, 9.17) is 17.3 Å². The number of carbonyl (C=O) groups excluding carboxylic acids is 1. The van der Waals surface area contributed by atoms with Crippen molar-refractivity contribution in [2.75, 3.05) is 11.6 Å². The van der Waals surface area contributed by atoms with E-state index < -0.39 is 0 Å². The lowest BCUT2D eigenvalue weighted by atomic mass is 10.0. The van der Waals surface area contributed by atoms with Gasteiger partial charge in [-0.1, -0.05) is 25.1 Å². The normalized spacial score (nSPS) is 14.1. The predicted molar refractivity (Wildman–Crippen MR) is 71.9 cm³/mol. The van der Waals surface area contributed by atoms with Crippen LogP contribution in [0.25, 0.3) is 0 Å². The highest BCUT2D eigenvalue weighted by Crippen LogP contribution is 2.20. The Hall–Kier alpha value is -1.22. The molecule has 17 heavy (non-hydrogen) atoms. The molecule has 0 aliphatic carbocycles. The number of halogens is 1. The molecular formula is C13H19ClN2O. The molecular weight excluding hydrogens is 236 g/mol. The molecule has 1 rings (SSSR count). The average molecular weight is 255 g/mol. The molecule has 0 spiro atoms. The fourth-order valence-electron chi connectivity index (χ4n) is 1.63. The molecule has 0 radical (unpaired) electrons. The summed E-state index contributed by atoms with van der Waals surface area (Å²) in [4.78, 5) is 11.8. The molecule has 94 valence electrons. The van der Waals surface area contributed by atoms with Crippen molar-refractivity contribution in [1.29, 1.82) is 0 Å². The SMILES string of the molecule is CC(CCCl)C(=O)NC(C)c1ccccc1N. The van der Waals surface area contributed by atoms with Gasteiger partial charge in [0.1, 0.15) is 0 Å². The van der Waals surface area contributed by atoms with E-state index in [0.29, 0.717) is 18.0 Å². The lowest BCUT2D eigenvalue weighted by Gasteiger charge is -2.18. The van der Waals surface area contributed by atoms with Gasteiger partial charge in [-0.15, -0.1) is 11.6 Å². The number of amides is 1. The zero-order valence-corrected chi connectivity index (χ0v) is 11.0. The number of nitrogens with two attached hydrogens (primary N) is 1. The third-order valence-corrected chi connectivity index (χ3v) is 3.03. The highest BCUT2D eigenvalue weighted by atomic mass is 35.5. The van der Waals surface area contributed by atoms with Crippen LogP contribution in [-0.2, 0) is 4.79 Å². The van der Waals surface area contributed by atoms with Crippen molar-refractivity contribution in [1.82, 2.24) is 5.32 Å². The van der Waals surface area contributed by atoms with Crippen molar-refractivity contribution in [3.8, 4) is 0 Å². The second-order valence-corrected chi connectivity index (χ2v) is 4.62.